The summed E-state index contributed by atoms with van der Waals surface area (Å²) in [4.78, 5) is 20.6. The SMILES string of the molecule is O=C(c1ccc(F)c(S(=O)(=O)N2CCCC2)c1)N1CCN(c2ccccn2)CC1. The number of aromatic nitrogens is 1. The van der Waals surface area contributed by atoms with Gasteiger partial charge >= 0.3 is 0 Å². The van der Waals surface area contributed by atoms with Crippen molar-refractivity contribution in [1.29, 1.82) is 0 Å². The minimum Gasteiger partial charge on any atom is -0.353 e. The van der Waals surface area contributed by atoms with Crippen molar-refractivity contribution in [2.45, 2.75) is 17.7 Å². The van der Waals surface area contributed by atoms with E-state index in [0.717, 1.165) is 24.7 Å². The second-order valence-electron chi connectivity index (χ2n) is 7.22. The van der Waals surface area contributed by atoms with Crippen LogP contribution in [0.5, 0.6) is 0 Å². The summed E-state index contributed by atoms with van der Waals surface area (Å²) in [5.74, 6) is -0.252. The lowest BCUT2D eigenvalue weighted by atomic mass is 10.1. The molecule has 1 aromatic heterocycles. The first-order chi connectivity index (χ1) is 14.0. The Kier molecular flexibility index (Phi) is 5.51. The molecule has 0 atom stereocenters. The predicted octanol–water partition coefficient (Wildman–Crippen LogP) is 1.97. The number of rotatable bonds is 4. The fourth-order valence-corrected chi connectivity index (χ4v) is 5.37. The van der Waals surface area contributed by atoms with Crippen LogP contribution in [0.1, 0.15) is 23.2 Å². The molecule has 154 valence electrons. The number of hydrogen-bond donors (Lipinski definition) is 0. The van der Waals surface area contributed by atoms with Crippen LogP contribution in [0.25, 0.3) is 0 Å². The van der Waals surface area contributed by atoms with Gasteiger partial charge in [-0.1, -0.05) is 6.07 Å². The van der Waals surface area contributed by atoms with Crippen LogP contribution in [0.15, 0.2) is 47.5 Å². The highest BCUT2D eigenvalue weighted by Gasteiger charge is 2.31. The van der Waals surface area contributed by atoms with Crippen LogP contribution >= 0.6 is 0 Å². The third-order valence-electron chi connectivity index (χ3n) is 5.40. The summed E-state index contributed by atoms with van der Waals surface area (Å²) in [5.41, 5.74) is 0.190. The van der Waals surface area contributed by atoms with Gasteiger partial charge in [0.2, 0.25) is 10.0 Å². The van der Waals surface area contributed by atoms with Crippen LogP contribution in [0.2, 0.25) is 0 Å². The van der Waals surface area contributed by atoms with Gasteiger partial charge in [-0.3, -0.25) is 4.79 Å². The van der Waals surface area contributed by atoms with E-state index in [1.807, 2.05) is 18.2 Å². The first-order valence-electron chi connectivity index (χ1n) is 9.72. The van der Waals surface area contributed by atoms with E-state index < -0.39 is 20.7 Å². The summed E-state index contributed by atoms with van der Waals surface area (Å²) in [6, 6.07) is 9.29. The van der Waals surface area contributed by atoms with Crippen LogP contribution in [0, 0.1) is 5.82 Å². The maximum Gasteiger partial charge on any atom is 0.254 e. The Morgan fingerprint density at radius 3 is 2.34 bits per heavy atom. The van der Waals surface area contributed by atoms with Gasteiger partial charge in [0.25, 0.3) is 5.91 Å². The molecule has 3 heterocycles. The van der Waals surface area contributed by atoms with Gasteiger partial charge in [0.1, 0.15) is 16.5 Å². The number of piperazine rings is 1. The molecule has 0 bridgehead atoms. The highest BCUT2D eigenvalue weighted by Crippen LogP contribution is 2.25. The van der Waals surface area contributed by atoms with Crippen molar-refractivity contribution in [3.8, 4) is 0 Å². The topological polar surface area (TPSA) is 73.8 Å². The number of pyridine rings is 1. The average Bonchev–Trinajstić information content (AvgIpc) is 3.30. The number of sulfonamides is 1. The van der Waals surface area contributed by atoms with Gasteiger partial charge in [-0.05, 0) is 43.2 Å². The minimum absolute atomic E-state index is 0.190. The zero-order valence-electron chi connectivity index (χ0n) is 16.0. The lowest BCUT2D eigenvalue weighted by Gasteiger charge is -2.35. The van der Waals surface area contributed by atoms with Gasteiger partial charge in [0.15, 0.2) is 0 Å². The summed E-state index contributed by atoms with van der Waals surface area (Å²) in [7, 11) is -3.93. The number of amides is 1. The van der Waals surface area contributed by atoms with Crippen molar-refractivity contribution >= 4 is 21.7 Å². The fraction of sp³-hybridized carbons (Fsp3) is 0.400. The van der Waals surface area contributed by atoms with Gasteiger partial charge in [0.05, 0.1) is 0 Å². The van der Waals surface area contributed by atoms with E-state index in [4.69, 9.17) is 0 Å². The number of benzene rings is 1. The first-order valence-corrected chi connectivity index (χ1v) is 11.2. The molecule has 0 N–H and O–H groups in total. The Morgan fingerprint density at radius 2 is 1.69 bits per heavy atom. The molecule has 2 saturated heterocycles. The van der Waals surface area contributed by atoms with E-state index >= 15 is 0 Å². The van der Waals surface area contributed by atoms with Gasteiger partial charge in [-0.25, -0.2) is 17.8 Å². The molecule has 0 unspecified atom stereocenters. The zero-order valence-corrected chi connectivity index (χ0v) is 16.8. The van der Waals surface area contributed by atoms with E-state index in [1.165, 1.54) is 16.4 Å². The summed E-state index contributed by atoms with van der Waals surface area (Å²) in [6.45, 7) is 3.00. The third-order valence-corrected chi connectivity index (χ3v) is 7.31. The lowest BCUT2D eigenvalue weighted by Crippen LogP contribution is -2.49. The van der Waals surface area contributed by atoms with E-state index in [2.05, 4.69) is 9.88 Å². The highest BCUT2D eigenvalue weighted by atomic mass is 32.2. The van der Waals surface area contributed by atoms with Crippen LogP contribution < -0.4 is 4.90 Å². The third kappa shape index (κ3) is 3.97. The molecule has 1 aromatic carbocycles. The largest absolute Gasteiger partial charge is 0.353 e. The molecule has 4 rings (SSSR count). The number of carbonyl (C=O) groups excluding carboxylic acids is 1. The number of carbonyl (C=O) groups is 1. The smallest absolute Gasteiger partial charge is 0.254 e. The van der Waals surface area contributed by atoms with Crippen molar-refractivity contribution in [3.63, 3.8) is 0 Å². The fourth-order valence-electron chi connectivity index (χ4n) is 3.76. The summed E-state index contributed by atoms with van der Waals surface area (Å²) in [6.07, 6.45) is 3.26. The monoisotopic (exact) mass is 418 g/mol. The Balaban J connectivity index is 1.50. The van der Waals surface area contributed by atoms with Gasteiger partial charge < -0.3 is 9.80 Å². The van der Waals surface area contributed by atoms with Crippen molar-refractivity contribution < 1.29 is 17.6 Å². The maximum absolute atomic E-state index is 14.3. The number of nitrogens with zero attached hydrogens (tertiary/aromatic N) is 4. The van der Waals surface area contributed by atoms with Crippen molar-refractivity contribution in [2.75, 3.05) is 44.2 Å². The Bertz CT molecular complexity index is 986. The summed E-state index contributed by atoms with van der Waals surface area (Å²) in [5, 5.41) is 0. The predicted molar refractivity (Wildman–Crippen MR) is 107 cm³/mol. The quantitative estimate of drug-likeness (QED) is 0.759. The zero-order chi connectivity index (χ0) is 20.4. The summed E-state index contributed by atoms with van der Waals surface area (Å²) >= 11 is 0. The second-order valence-corrected chi connectivity index (χ2v) is 9.13. The Labute approximate surface area is 169 Å². The molecule has 0 spiro atoms. The van der Waals surface area contributed by atoms with Crippen molar-refractivity contribution in [3.05, 3.63) is 54.0 Å². The second kappa shape index (κ2) is 8.08. The molecular weight excluding hydrogens is 395 g/mol. The normalized spacial score (nSPS) is 18.2. The molecule has 2 fully saturated rings. The molecule has 2 aliphatic heterocycles. The number of hydrogen-bond acceptors (Lipinski definition) is 5. The molecule has 0 saturated carbocycles. The number of halogens is 1. The van der Waals surface area contributed by atoms with E-state index in [9.17, 15) is 17.6 Å². The molecule has 29 heavy (non-hydrogen) atoms. The van der Waals surface area contributed by atoms with E-state index in [-0.39, 0.29) is 11.5 Å². The Morgan fingerprint density at radius 1 is 0.966 bits per heavy atom. The molecule has 9 heteroatoms. The molecule has 0 aliphatic carbocycles. The van der Waals surface area contributed by atoms with Crippen LogP contribution in [-0.4, -0.2) is 67.8 Å². The van der Waals surface area contributed by atoms with Crippen LogP contribution in [-0.2, 0) is 10.0 Å². The van der Waals surface area contributed by atoms with Gasteiger partial charge in [-0.2, -0.15) is 4.31 Å². The maximum atomic E-state index is 14.3. The van der Waals surface area contributed by atoms with Crippen molar-refractivity contribution in [1.82, 2.24) is 14.2 Å². The van der Waals surface area contributed by atoms with E-state index in [0.29, 0.717) is 39.3 Å². The molecule has 2 aromatic rings. The molecule has 0 radical (unpaired) electrons. The Hall–Kier alpha value is -2.52. The molecule has 7 nitrogen and oxygen atoms in total. The lowest BCUT2D eigenvalue weighted by molar-refractivity contribution is 0.0746. The molecule has 1 amide bonds. The molecule has 2 aliphatic rings. The number of anilines is 1. The standard InChI is InChI=1S/C20H23FN4O3S/c21-17-7-6-16(15-18(17)29(27,28)25-9-3-4-10-25)20(26)24-13-11-23(12-14-24)19-5-1-2-8-22-19/h1-2,5-8,15H,3-4,9-14H2. The van der Waals surface area contributed by atoms with Gasteiger partial charge in [0, 0.05) is 51.0 Å². The first kappa shape index (κ1) is 19.8. The average molecular weight is 418 g/mol. The van der Waals surface area contributed by atoms with Crippen molar-refractivity contribution in [2.24, 2.45) is 0 Å². The van der Waals surface area contributed by atoms with Gasteiger partial charge in [-0.15, -0.1) is 0 Å². The highest BCUT2D eigenvalue weighted by molar-refractivity contribution is 7.89. The van der Waals surface area contributed by atoms with Crippen LogP contribution in [0.4, 0.5) is 10.2 Å². The molecular formula is C20H23FN4O3S. The van der Waals surface area contributed by atoms with E-state index in [1.54, 1.807) is 11.1 Å². The van der Waals surface area contributed by atoms with Crippen LogP contribution in [0.3, 0.4) is 0 Å². The summed E-state index contributed by atoms with van der Waals surface area (Å²) < 4.78 is 41.1. The minimum atomic E-state index is -3.93.